The molecular weight excluding hydrogens is 192 g/mol. The minimum absolute atomic E-state index is 0.503. The molecule has 1 rings (SSSR count). The van der Waals surface area contributed by atoms with Gasteiger partial charge in [-0.3, -0.25) is 4.98 Å². The molecule has 15 heavy (non-hydrogen) atoms. The number of hydrogen-bond donors (Lipinski definition) is 2. The van der Waals surface area contributed by atoms with Crippen LogP contribution in [0.2, 0.25) is 0 Å². The first-order chi connectivity index (χ1) is 7.22. The average molecular weight is 210 g/mol. The van der Waals surface area contributed by atoms with E-state index in [-0.39, 0.29) is 0 Å². The monoisotopic (exact) mass is 210 g/mol. The zero-order chi connectivity index (χ0) is 11.1. The minimum Gasteiger partial charge on any atom is -0.480 e. The van der Waals surface area contributed by atoms with Crippen LogP contribution in [0.5, 0.6) is 5.88 Å². The van der Waals surface area contributed by atoms with Crippen molar-refractivity contribution < 1.29 is 4.74 Å². The average Bonchev–Trinajstić information content (AvgIpc) is 2.24. The Morgan fingerprint density at radius 3 is 2.80 bits per heavy atom. The molecule has 0 aliphatic rings. The van der Waals surface area contributed by atoms with Crippen LogP contribution in [-0.2, 0) is 0 Å². The summed E-state index contributed by atoms with van der Waals surface area (Å²) < 4.78 is 4.97. The zero-order valence-electron chi connectivity index (χ0n) is 9.45. The van der Waals surface area contributed by atoms with Crippen LogP contribution in [-0.4, -0.2) is 36.2 Å². The molecular formula is C10H18N4O. The molecule has 1 aromatic rings. The van der Waals surface area contributed by atoms with Gasteiger partial charge in [0, 0.05) is 19.1 Å². The van der Waals surface area contributed by atoms with Crippen LogP contribution in [0, 0.1) is 0 Å². The van der Waals surface area contributed by atoms with Crippen molar-refractivity contribution in [3.05, 3.63) is 12.4 Å². The van der Waals surface area contributed by atoms with Crippen molar-refractivity contribution in [1.82, 2.24) is 15.3 Å². The van der Waals surface area contributed by atoms with Crippen LogP contribution in [0.25, 0.3) is 0 Å². The highest BCUT2D eigenvalue weighted by molar-refractivity contribution is 5.32. The van der Waals surface area contributed by atoms with Gasteiger partial charge < -0.3 is 15.4 Å². The fraction of sp³-hybridized carbons (Fsp3) is 0.600. The molecule has 0 amide bonds. The van der Waals surface area contributed by atoms with Gasteiger partial charge in [0.05, 0.1) is 19.5 Å². The summed E-state index contributed by atoms with van der Waals surface area (Å²) in [5.41, 5.74) is 0. The lowest BCUT2D eigenvalue weighted by Gasteiger charge is -2.09. The van der Waals surface area contributed by atoms with Crippen molar-refractivity contribution in [3.8, 4) is 5.88 Å². The Hall–Kier alpha value is -1.36. The maximum absolute atomic E-state index is 4.97. The molecule has 1 aromatic heterocycles. The smallest absolute Gasteiger partial charge is 0.233 e. The fourth-order valence-electron chi connectivity index (χ4n) is 1.08. The van der Waals surface area contributed by atoms with Gasteiger partial charge >= 0.3 is 0 Å². The highest BCUT2D eigenvalue weighted by Crippen LogP contribution is 2.07. The summed E-state index contributed by atoms with van der Waals surface area (Å²) in [4.78, 5) is 8.18. The summed E-state index contributed by atoms with van der Waals surface area (Å²) in [6, 6.07) is 0.503. The summed E-state index contributed by atoms with van der Waals surface area (Å²) in [5, 5.41) is 6.46. The molecule has 0 bridgehead atoms. The molecule has 1 heterocycles. The van der Waals surface area contributed by atoms with Gasteiger partial charge in [-0.15, -0.1) is 0 Å². The van der Waals surface area contributed by atoms with Crippen molar-refractivity contribution in [1.29, 1.82) is 0 Å². The number of aromatic nitrogens is 2. The van der Waals surface area contributed by atoms with Gasteiger partial charge in [-0.25, -0.2) is 0 Å². The maximum Gasteiger partial charge on any atom is 0.233 e. The largest absolute Gasteiger partial charge is 0.480 e. The lowest BCUT2D eigenvalue weighted by molar-refractivity contribution is 0.396. The summed E-state index contributed by atoms with van der Waals surface area (Å²) in [5.74, 6) is 1.26. The minimum atomic E-state index is 0.503. The van der Waals surface area contributed by atoms with Gasteiger partial charge in [-0.1, -0.05) is 13.8 Å². The van der Waals surface area contributed by atoms with Crippen molar-refractivity contribution in [2.45, 2.75) is 19.9 Å². The van der Waals surface area contributed by atoms with Crippen LogP contribution in [0.4, 0.5) is 5.82 Å². The van der Waals surface area contributed by atoms with E-state index in [4.69, 9.17) is 4.74 Å². The third-order valence-electron chi connectivity index (χ3n) is 1.81. The van der Waals surface area contributed by atoms with Crippen LogP contribution in [0.1, 0.15) is 13.8 Å². The molecule has 5 heteroatoms. The molecule has 0 spiro atoms. The van der Waals surface area contributed by atoms with E-state index in [9.17, 15) is 0 Å². The first-order valence-corrected chi connectivity index (χ1v) is 5.05. The van der Waals surface area contributed by atoms with Gasteiger partial charge in [-0.2, -0.15) is 4.98 Å². The van der Waals surface area contributed by atoms with Gasteiger partial charge in [0.15, 0.2) is 0 Å². The standard InChI is InChI=1S/C10H18N4O/c1-8(2)12-4-5-13-9-6-11-7-10(14-9)15-3/h6-8,12H,4-5H2,1-3H3,(H,13,14). The first kappa shape index (κ1) is 11.7. The molecule has 0 fully saturated rings. The third kappa shape index (κ3) is 4.60. The van der Waals surface area contributed by atoms with Crippen molar-refractivity contribution in [2.24, 2.45) is 0 Å². The van der Waals surface area contributed by atoms with Crippen LogP contribution in [0.3, 0.4) is 0 Å². The lowest BCUT2D eigenvalue weighted by atomic mass is 10.4. The Bertz CT molecular complexity index is 291. The van der Waals surface area contributed by atoms with E-state index < -0.39 is 0 Å². The van der Waals surface area contributed by atoms with E-state index in [2.05, 4.69) is 34.4 Å². The predicted octanol–water partition coefficient (Wildman–Crippen LogP) is 0.895. The predicted molar refractivity (Wildman–Crippen MR) is 60.2 cm³/mol. The number of nitrogens with zero attached hydrogens (tertiary/aromatic N) is 2. The highest BCUT2D eigenvalue weighted by Gasteiger charge is 1.97. The number of hydrogen-bond acceptors (Lipinski definition) is 5. The van der Waals surface area contributed by atoms with Gasteiger partial charge in [-0.05, 0) is 0 Å². The Labute approximate surface area is 90.3 Å². The van der Waals surface area contributed by atoms with Crippen LogP contribution < -0.4 is 15.4 Å². The second kappa shape index (κ2) is 6.19. The van der Waals surface area contributed by atoms with E-state index in [1.54, 1.807) is 19.5 Å². The fourth-order valence-corrected chi connectivity index (χ4v) is 1.08. The van der Waals surface area contributed by atoms with Crippen molar-refractivity contribution in [2.75, 3.05) is 25.5 Å². The van der Waals surface area contributed by atoms with Crippen molar-refractivity contribution >= 4 is 5.82 Å². The number of rotatable bonds is 6. The molecule has 0 saturated carbocycles. The van der Waals surface area contributed by atoms with E-state index in [1.807, 2.05) is 0 Å². The van der Waals surface area contributed by atoms with Crippen molar-refractivity contribution in [3.63, 3.8) is 0 Å². The Balaban J connectivity index is 2.30. The Morgan fingerprint density at radius 1 is 1.33 bits per heavy atom. The van der Waals surface area contributed by atoms with Gasteiger partial charge in [0.25, 0.3) is 0 Å². The molecule has 0 aliphatic carbocycles. The summed E-state index contributed by atoms with van der Waals surface area (Å²) in [6.45, 7) is 5.95. The highest BCUT2D eigenvalue weighted by atomic mass is 16.5. The molecule has 5 nitrogen and oxygen atoms in total. The molecule has 0 saturated heterocycles. The molecule has 0 unspecified atom stereocenters. The van der Waals surface area contributed by atoms with E-state index >= 15 is 0 Å². The second-order valence-corrected chi connectivity index (χ2v) is 3.48. The lowest BCUT2D eigenvalue weighted by Crippen LogP contribution is -2.28. The summed E-state index contributed by atoms with van der Waals surface area (Å²) in [7, 11) is 1.58. The van der Waals surface area contributed by atoms with Gasteiger partial charge in [0.2, 0.25) is 5.88 Å². The first-order valence-electron chi connectivity index (χ1n) is 5.05. The number of ether oxygens (including phenoxy) is 1. The van der Waals surface area contributed by atoms with E-state index in [0.717, 1.165) is 18.9 Å². The summed E-state index contributed by atoms with van der Waals surface area (Å²) >= 11 is 0. The number of anilines is 1. The normalized spacial score (nSPS) is 10.4. The van der Waals surface area contributed by atoms with Crippen LogP contribution >= 0.6 is 0 Å². The Kier molecular flexibility index (Phi) is 4.83. The number of nitrogens with one attached hydrogen (secondary N) is 2. The van der Waals surface area contributed by atoms with Gasteiger partial charge in [0.1, 0.15) is 5.82 Å². The summed E-state index contributed by atoms with van der Waals surface area (Å²) in [6.07, 6.45) is 3.26. The Morgan fingerprint density at radius 2 is 2.13 bits per heavy atom. The molecule has 0 aromatic carbocycles. The molecule has 0 radical (unpaired) electrons. The van der Waals surface area contributed by atoms with E-state index in [0.29, 0.717) is 11.9 Å². The topological polar surface area (TPSA) is 59.1 Å². The molecule has 2 N–H and O–H groups in total. The quantitative estimate of drug-likeness (QED) is 0.683. The molecule has 0 atom stereocenters. The van der Waals surface area contributed by atoms with Crippen LogP contribution in [0.15, 0.2) is 12.4 Å². The zero-order valence-corrected chi connectivity index (χ0v) is 9.45. The maximum atomic E-state index is 4.97. The number of methoxy groups -OCH3 is 1. The second-order valence-electron chi connectivity index (χ2n) is 3.48. The molecule has 0 aliphatic heterocycles. The molecule has 84 valence electrons. The SMILES string of the molecule is COc1cncc(NCCNC(C)C)n1. The van der Waals surface area contributed by atoms with E-state index in [1.165, 1.54) is 0 Å². The third-order valence-corrected chi connectivity index (χ3v) is 1.81.